The number of quaternary nitrogens is 2. The molecule has 4 nitrogen and oxygen atoms in total. The van der Waals surface area contributed by atoms with Crippen molar-refractivity contribution in [1.82, 2.24) is 0 Å². The molecule has 0 aromatic rings. The van der Waals surface area contributed by atoms with Crippen LogP contribution in [0.1, 0.15) is 84.0 Å². The zero-order valence-electron chi connectivity index (χ0n) is 18.5. The van der Waals surface area contributed by atoms with Crippen LogP contribution in [0.15, 0.2) is 0 Å². The predicted molar refractivity (Wildman–Crippen MR) is 113 cm³/mol. The van der Waals surface area contributed by atoms with Crippen molar-refractivity contribution in [2.75, 3.05) is 53.4 Å². The molecule has 0 saturated carbocycles. The molecule has 0 aromatic carbocycles. The number of likely N-dealkylation sites (tertiary alicyclic amines) is 2. The van der Waals surface area contributed by atoms with Crippen LogP contribution in [0.3, 0.4) is 0 Å². The first-order chi connectivity index (χ1) is 12.9. The SMILES string of the molecule is CCCCCCCC(=O)OC(C[N+]1(C)CCCCC1)C[N+]1(C)CCCCC1. The second kappa shape index (κ2) is 11.4. The summed E-state index contributed by atoms with van der Waals surface area (Å²) in [6, 6.07) is 0. The molecule has 2 heterocycles. The first kappa shape index (κ1) is 22.7. The van der Waals surface area contributed by atoms with Gasteiger partial charge in [-0.1, -0.05) is 32.6 Å². The number of carbonyl (C=O) groups is 1. The first-order valence-corrected chi connectivity index (χ1v) is 11.8. The molecular formula is C23H46N2O2+2. The molecule has 4 heteroatoms. The highest BCUT2D eigenvalue weighted by molar-refractivity contribution is 5.69. The molecule has 2 rings (SSSR count). The molecule has 158 valence electrons. The van der Waals surface area contributed by atoms with Crippen molar-refractivity contribution in [3.05, 3.63) is 0 Å². The van der Waals surface area contributed by atoms with Crippen molar-refractivity contribution in [3.8, 4) is 0 Å². The molecule has 2 aliphatic heterocycles. The third kappa shape index (κ3) is 8.51. The third-order valence-electron chi connectivity index (χ3n) is 6.86. The lowest BCUT2D eigenvalue weighted by Crippen LogP contribution is -2.58. The lowest BCUT2D eigenvalue weighted by molar-refractivity contribution is -0.936. The van der Waals surface area contributed by atoms with Crippen LogP contribution in [0.2, 0.25) is 0 Å². The van der Waals surface area contributed by atoms with E-state index in [1.54, 1.807) is 0 Å². The van der Waals surface area contributed by atoms with Crippen molar-refractivity contribution in [2.24, 2.45) is 0 Å². The topological polar surface area (TPSA) is 26.3 Å². The van der Waals surface area contributed by atoms with E-state index in [0.717, 1.165) is 34.9 Å². The van der Waals surface area contributed by atoms with Gasteiger partial charge in [-0.05, 0) is 44.9 Å². The Morgan fingerprint density at radius 2 is 1.26 bits per heavy atom. The van der Waals surface area contributed by atoms with Gasteiger partial charge in [0.2, 0.25) is 0 Å². The monoisotopic (exact) mass is 382 g/mol. The van der Waals surface area contributed by atoms with Gasteiger partial charge in [0, 0.05) is 6.42 Å². The van der Waals surface area contributed by atoms with Gasteiger partial charge >= 0.3 is 5.97 Å². The van der Waals surface area contributed by atoms with E-state index in [-0.39, 0.29) is 12.1 Å². The van der Waals surface area contributed by atoms with Gasteiger partial charge in [-0.25, -0.2) is 0 Å². The summed E-state index contributed by atoms with van der Waals surface area (Å²) in [5.74, 6) is 0.0451. The van der Waals surface area contributed by atoms with Gasteiger partial charge in [0.15, 0.2) is 6.10 Å². The minimum atomic E-state index is 0.0451. The molecule has 0 unspecified atom stereocenters. The average Bonchev–Trinajstić information content (AvgIpc) is 2.62. The molecule has 0 radical (unpaired) electrons. The van der Waals surface area contributed by atoms with Crippen molar-refractivity contribution in [2.45, 2.75) is 90.1 Å². The van der Waals surface area contributed by atoms with Gasteiger partial charge in [0.05, 0.1) is 40.3 Å². The maximum atomic E-state index is 12.5. The summed E-state index contributed by atoms with van der Waals surface area (Å²) in [5, 5.41) is 0. The Kier molecular flexibility index (Phi) is 9.58. The fourth-order valence-corrected chi connectivity index (χ4v) is 5.15. The first-order valence-electron chi connectivity index (χ1n) is 11.8. The lowest BCUT2D eigenvalue weighted by atomic mass is 10.1. The molecule has 27 heavy (non-hydrogen) atoms. The second-order valence-corrected chi connectivity index (χ2v) is 9.90. The Morgan fingerprint density at radius 1 is 0.778 bits per heavy atom. The number of ether oxygens (including phenoxy) is 1. The fourth-order valence-electron chi connectivity index (χ4n) is 5.15. The van der Waals surface area contributed by atoms with Gasteiger partial charge in [-0.15, -0.1) is 0 Å². The summed E-state index contributed by atoms with van der Waals surface area (Å²) >= 11 is 0. The lowest BCUT2D eigenvalue weighted by Gasteiger charge is -2.43. The maximum absolute atomic E-state index is 12.5. The molecule has 2 aliphatic rings. The van der Waals surface area contributed by atoms with Crippen LogP contribution in [-0.4, -0.2) is 74.4 Å². The second-order valence-electron chi connectivity index (χ2n) is 9.90. The number of nitrogens with zero attached hydrogens (tertiary/aromatic N) is 2. The molecule has 0 bridgehead atoms. The third-order valence-corrected chi connectivity index (χ3v) is 6.86. The van der Waals surface area contributed by atoms with Gasteiger partial charge in [0.25, 0.3) is 0 Å². The highest BCUT2D eigenvalue weighted by Crippen LogP contribution is 2.22. The van der Waals surface area contributed by atoms with Gasteiger partial charge in [-0.3, -0.25) is 4.79 Å². The fraction of sp³-hybridized carbons (Fsp3) is 0.957. The van der Waals surface area contributed by atoms with E-state index in [0.29, 0.717) is 6.42 Å². The molecule has 0 aromatic heterocycles. The van der Waals surface area contributed by atoms with Crippen LogP contribution in [0.4, 0.5) is 0 Å². The Hall–Kier alpha value is -0.610. The number of rotatable bonds is 11. The molecule has 0 N–H and O–H groups in total. The minimum absolute atomic E-state index is 0.0451. The standard InChI is InChI=1S/C23H46N2O2/c1-4-5-6-7-10-15-23(26)27-22(20-24(2)16-11-8-12-17-24)21-25(3)18-13-9-14-19-25/h22H,4-21H2,1-3H3/q+2. The van der Waals surface area contributed by atoms with E-state index in [4.69, 9.17) is 4.74 Å². The number of unbranched alkanes of at least 4 members (excludes halogenated alkanes) is 4. The molecular weight excluding hydrogens is 336 g/mol. The van der Waals surface area contributed by atoms with Crippen molar-refractivity contribution >= 4 is 5.97 Å². The van der Waals surface area contributed by atoms with Gasteiger partial charge in [-0.2, -0.15) is 0 Å². The van der Waals surface area contributed by atoms with E-state index in [9.17, 15) is 4.79 Å². The van der Waals surface area contributed by atoms with E-state index in [1.807, 2.05) is 0 Å². The zero-order chi connectivity index (χ0) is 19.6. The number of piperidine rings is 2. The summed E-state index contributed by atoms with van der Waals surface area (Å²) in [5.41, 5.74) is 0. The van der Waals surface area contributed by atoms with Crippen molar-refractivity contribution in [1.29, 1.82) is 0 Å². The summed E-state index contributed by atoms with van der Waals surface area (Å²) in [7, 11) is 4.75. The summed E-state index contributed by atoms with van der Waals surface area (Å²) in [4.78, 5) is 12.5. The minimum Gasteiger partial charge on any atom is -0.450 e. The van der Waals surface area contributed by atoms with Crippen LogP contribution < -0.4 is 0 Å². The molecule has 0 spiro atoms. The molecule has 2 fully saturated rings. The number of hydrogen-bond acceptors (Lipinski definition) is 2. The van der Waals surface area contributed by atoms with Crippen LogP contribution >= 0.6 is 0 Å². The van der Waals surface area contributed by atoms with Crippen LogP contribution in [0.5, 0.6) is 0 Å². The quantitative estimate of drug-likeness (QED) is 0.298. The number of esters is 1. The largest absolute Gasteiger partial charge is 0.450 e. The van der Waals surface area contributed by atoms with Crippen LogP contribution in [0.25, 0.3) is 0 Å². The van der Waals surface area contributed by atoms with Crippen molar-refractivity contribution < 1.29 is 18.5 Å². The number of hydrogen-bond donors (Lipinski definition) is 0. The molecule has 0 amide bonds. The highest BCUT2D eigenvalue weighted by Gasteiger charge is 2.36. The Bertz CT molecular complexity index is 400. The molecule has 2 saturated heterocycles. The zero-order valence-corrected chi connectivity index (χ0v) is 18.5. The predicted octanol–water partition coefficient (Wildman–Crippen LogP) is 4.52. The normalized spacial score (nSPS) is 21.9. The molecule has 0 aliphatic carbocycles. The maximum Gasteiger partial charge on any atom is 0.306 e. The van der Waals surface area contributed by atoms with E-state index in [1.165, 1.54) is 84.0 Å². The van der Waals surface area contributed by atoms with Crippen LogP contribution in [0, 0.1) is 0 Å². The average molecular weight is 383 g/mol. The summed E-state index contributed by atoms with van der Waals surface area (Å²) in [6.45, 7) is 9.23. The van der Waals surface area contributed by atoms with E-state index < -0.39 is 0 Å². The Morgan fingerprint density at radius 3 is 1.74 bits per heavy atom. The van der Waals surface area contributed by atoms with E-state index in [2.05, 4.69) is 21.0 Å². The Balaban J connectivity index is 1.88. The van der Waals surface area contributed by atoms with Crippen molar-refractivity contribution in [3.63, 3.8) is 0 Å². The summed E-state index contributed by atoms with van der Waals surface area (Å²) < 4.78 is 8.31. The number of carbonyl (C=O) groups excluding carboxylic acids is 1. The van der Waals surface area contributed by atoms with Crippen LogP contribution in [-0.2, 0) is 9.53 Å². The Labute approximate surface area is 168 Å². The number of likely N-dealkylation sites (N-methyl/N-ethyl adjacent to an activating group) is 2. The van der Waals surface area contributed by atoms with Gasteiger partial charge in [0.1, 0.15) is 13.1 Å². The van der Waals surface area contributed by atoms with Gasteiger partial charge < -0.3 is 13.7 Å². The summed E-state index contributed by atoms with van der Waals surface area (Å²) in [6.07, 6.45) is 14.6. The molecule has 0 atom stereocenters. The smallest absolute Gasteiger partial charge is 0.306 e. The van der Waals surface area contributed by atoms with E-state index >= 15 is 0 Å². The highest BCUT2D eigenvalue weighted by atomic mass is 16.5.